The number of nitrogens with one attached hydrogen (secondary N) is 2. The second-order valence-corrected chi connectivity index (χ2v) is 6.89. The fraction of sp³-hybridized carbons (Fsp3) is 0.412. The number of thiazole rings is 1. The third-order valence-corrected chi connectivity index (χ3v) is 5.44. The third kappa shape index (κ3) is 3.59. The molecule has 2 unspecified atom stereocenters. The molecule has 1 aliphatic heterocycles. The number of rotatable bonds is 4. The van der Waals surface area contributed by atoms with Gasteiger partial charge in [-0.1, -0.05) is 0 Å². The van der Waals surface area contributed by atoms with Crippen LogP contribution >= 0.6 is 11.3 Å². The van der Waals surface area contributed by atoms with Crippen LogP contribution < -0.4 is 10.6 Å². The summed E-state index contributed by atoms with van der Waals surface area (Å²) in [5, 5.41) is 7.11. The number of amides is 1. The zero-order valence-corrected chi connectivity index (χ0v) is 14.0. The number of hydrogen-bond acceptors (Lipinski definition) is 4. The summed E-state index contributed by atoms with van der Waals surface area (Å²) < 4.78 is 13.0. The van der Waals surface area contributed by atoms with E-state index in [1.54, 1.807) is 23.5 Å². The van der Waals surface area contributed by atoms with Crippen LogP contribution in [0.25, 0.3) is 10.6 Å². The minimum absolute atomic E-state index is 0.0473. The summed E-state index contributed by atoms with van der Waals surface area (Å²) in [6.45, 7) is 4.82. The fourth-order valence-corrected chi connectivity index (χ4v) is 3.89. The quantitative estimate of drug-likeness (QED) is 0.903. The van der Waals surface area contributed by atoms with Crippen molar-refractivity contribution in [2.24, 2.45) is 0 Å². The van der Waals surface area contributed by atoms with Crippen LogP contribution in [0, 0.1) is 12.7 Å². The van der Waals surface area contributed by atoms with Crippen molar-refractivity contribution >= 4 is 17.2 Å². The van der Waals surface area contributed by atoms with Crippen molar-refractivity contribution in [2.45, 2.75) is 38.8 Å². The molecule has 1 saturated heterocycles. The first-order valence-corrected chi connectivity index (χ1v) is 8.63. The normalized spacial score (nSPS) is 18.8. The number of hydrogen-bond donors (Lipinski definition) is 2. The molecule has 0 spiro atoms. The number of nitrogens with zero attached hydrogens (tertiary/aromatic N) is 1. The van der Waals surface area contributed by atoms with Crippen molar-refractivity contribution in [1.29, 1.82) is 0 Å². The highest BCUT2D eigenvalue weighted by molar-refractivity contribution is 7.15. The molecule has 3 rings (SSSR count). The SMILES string of the molecule is Cc1nc(-c2ccc(F)cc2)sc1C(C)NC(=O)C1CCCN1. The molecule has 1 aromatic carbocycles. The highest BCUT2D eigenvalue weighted by atomic mass is 32.1. The Kier molecular flexibility index (Phi) is 4.73. The van der Waals surface area contributed by atoms with E-state index in [1.807, 2.05) is 13.8 Å². The minimum atomic E-state index is -0.257. The van der Waals surface area contributed by atoms with Gasteiger partial charge in [-0.15, -0.1) is 11.3 Å². The first-order valence-electron chi connectivity index (χ1n) is 7.81. The average molecular weight is 333 g/mol. The van der Waals surface area contributed by atoms with Crippen molar-refractivity contribution in [2.75, 3.05) is 6.54 Å². The van der Waals surface area contributed by atoms with Crippen molar-refractivity contribution < 1.29 is 9.18 Å². The molecule has 6 heteroatoms. The second kappa shape index (κ2) is 6.76. The monoisotopic (exact) mass is 333 g/mol. The van der Waals surface area contributed by atoms with Crippen LogP contribution in [0.2, 0.25) is 0 Å². The van der Waals surface area contributed by atoms with E-state index in [2.05, 4.69) is 15.6 Å². The van der Waals surface area contributed by atoms with Gasteiger partial charge in [0.05, 0.1) is 22.7 Å². The molecule has 1 aromatic heterocycles. The Labute approximate surface area is 139 Å². The summed E-state index contributed by atoms with van der Waals surface area (Å²) in [6, 6.07) is 6.15. The predicted molar refractivity (Wildman–Crippen MR) is 89.8 cm³/mol. The summed E-state index contributed by atoms with van der Waals surface area (Å²) >= 11 is 1.54. The van der Waals surface area contributed by atoms with Gasteiger partial charge in [0.2, 0.25) is 5.91 Å². The lowest BCUT2D eigenvalue weighted by molar-refractivity contribution is -0.123. The number of aryl methyl sites for hydroxylation is 1. The lowest BCUT2D eigenvalue weighted by atomic mass is 10.2. The molecule has 1 aliphatic rings. The van der Waals surface area contributed by atoms with Gasteiger partial charge in [0.25, 0.3) is 0 Å². The first kappa shape index (κ1) is 16.1. The molecule has 0 aliphatic carbocycles. The zero-order valence-electron chi connectivity index (χ0n) is 13.2. The minimum Gasteiger partial charge on any atom is -0.347 e. The maximum absolute atomic E-state index is 13.0. The van der Waals surface area contributed by atoms with E-state index in [1.165, 1.54) is 12.1 Å². The third-order valence-electron chi connectivity index (χ3n) is 4.05. The molecule has 0 radical (unpaired) electrons. The van der Waals surface area contributed by atoms with Gasteiger partial charge in [-0.25, -0.2) is 9.37 Å². The molecule has 1 amide bonds. The Balaban J connectivity index is 1.74. The standard InChI is InChI=1S/C17H20FN3OS/c1-10(20-16(22)14-4-3-9-19-14)15-11(2)21-17(23-15)12-5-7-13(18)8-6-12/h5-8,10,14,19H,3-4,9H2,1-2H3,(H,20,22). The first-order chi connectivity index (χ1) is 11.0. The van der Waals surface area contributed by atoms with Crippen LogP contribution in [0.3, 0.4) is 0 Å². The molecule has 2 N–H and O–H groups in total. The molecule has 1 fully saturated rings. The summed E-state index contributed by atoms with van der Waals surface area (Å²) in [6.07, 6.45) is 1.93. The molecule has 4 nitrogen and oxygen atoms in total. The van der Waals surface area contributed by atoms with Gasteiger partial charge in [0.15, 0.2) is 0 Å². The van der Waals surface area contributed by atoms with E-state index in [-0.39, 0.29) is 23.8 Å². The summed E-state index contributed by atoms with van der Waals surface area (Å²) in [7, 11) is 0. The van der Waals surface area contributed by atoms with Crippen LogP contribution in [0.5, 0.6) is 0 Å². The maximum Gasteiger partial charge on any atom is 0.237 e. The molecule has 2 heterocycles. The van der Waals surface area contributed by atoms with E-state index in [4.69, 9.17) is 0 Å². The van der Waals surface area contributed by atoms with Crippen LogP contribution in [0.4, 0.5) is 4.39 Å². The van der Waals surface area contributed by atoms with E-state index in [0.717, 1.165) is 40.5 Å². The van der Waals surface area contributed by atoms with Crippen LogP contribution in [-0.2, 0) is 4.79 Å². The van der Waals surface area contributed by atoms with Crippen molar-refractivity contribution in [3.8, 4) is 10.6 Å². The zero-order chi connectivity index (χ0) is 16.4. The van der Waals surface area contributed by atoms with Crippen molar-refractivity contribution in [1.82, 2.24) is 15.6 Å². The van der Waals surface area contributed by atoms with E-state index in [9.17, 15) is 9.18 Å². The molecule has 2 atom stereocenters. The largest absolute Gasteiger partial charge is 0.347 e. The molecular weight excluding hydrogens is 313 g/mol. The van der Waals surface area contributed by atoms with Crippen LogP contribution in [0.15, 0.2) is 24.3 Å². The molecule has 0 saturated carbocycles. The molecule has 122 valence electrons. The van der Waals surface area contributed by atoms with Gasteiger partial charge in [-0.2, -0.15) is 0 Å². The predicted octanol–water partition coefficient (Wildman–Crippen LogP) is 3.19. The van der Waals surface area contributed by atoms with Gasteiger partial charge in [0, 0.05) is 5.56 Å². The van der Waals surface area contributed by atoms with Gasteiger partial charge in [-0.05, 0) is 57.5 Å². The average Bonchev–Trinajstić information content (AvgIpc) is 3.17. The Bertz CT molecular complexity index is 692. The lowest BCUT2D eigenvalue weighted by Crippen LogP contribution is -2.41. The van der Waals surface area contributed by atoms with E-state index in [0.29, 0.717) is 0 Å². The molecule has 0 bridgehead atoms. The van der Waals surface area contributed by atoms with Crippen molar-refractivity contribution in [3.05, 3.63) is 40.7 Å². The molecular formula is C17H20FN3OS. The lowest BCUT2D eigenvalue weighted by Gasteiger charge is -2.16. The van der Waals surface area contributed by atoms with Gasteiger partial charge < -0.3 is 10.6 Å². The second-order valence-electron chi connectivity index (χ2n) is 5.85. The highest BCUT2D eigenvalue weighted by Crippen LogP contribution is 2.31. The molecule has 23 heavy (non-hydrogen) atoms. The van der Waals surface area contributed by atoms with Gasteiger partial charge in [-0.3, -0.25) is 4.79 Å². The number of carbonyl (C=O) groups excluding carboxylic acids is 1. The Hall–Kier alpha value is -1.79. The summed E-state index contributed by atoms with van der Waals surface area (Å²) in [5.74, 6) is -0.210. The smallest absolute Gasteiger partial charge is 0.237 e. The summed E-state index contributed by atoms with van der Waals surface area (Å²) in [4.78, 5) is 17.8. The Morgan fingerprint density at radius 2 is 2.17 bits per heavy atom. The number of carbonyl (C=O) groups is 1. The van der Waals surface area contributed by atoms with Gasteiger partial charge in [0.1, 0.15) is 10.8 Å². The van der Waals surface area contributed by atoms with E-state index < -0.39 is 0 Å². The fourth-order valence-electron chi connectivity index (χ4n) is 2.81. The van der Waals surface area contributed by atoms with Crippen molar-refractivity contribution in [3.63, 3.8) is 0 Å². The number of benzene rings is 1. The van der Waals surface area contributed by atoms with Crippen LogP contribution in [0.1, 0.15) is 36.4 Å². The highest BCUT2D eigenvalue weighted by Gasteiger charge is 2.24. The van der Waals surface area contributed by atoms with E-state index >= 15 is 0 Å². The molecule has 2 aromatic rings. The Morgan fingerprint density at radius 3 is 2.83 bits per heavy atom. The Morgan fingerprint density at radius 1 is 1.43 bits per heavy atom. The van der Waals surface area contributed by atoms with Gasteiger partial charge >= 0.3 is 0 Å². The topological polar surface area (TPSA) is 54.0 Å². The summed E-state index contributed by atoms with van der Waals surface area (Å²) in [5.41, 5.74) is 1.79. The number of aromatic nitrogens is 1. The number of halogens is 1. The maximum atomic E-state index is 13.0. The van der Waals surface area contributed by atoms with Crippen LogP contribution in [-0.4, -0.2) is 23.5 Å².